The van der Waals surface area contributed by atoms with Crippen LogP contribution in [0.1, 0.15) is 30.9 Å². The molecular weight excluding hydrogens is 585 g/mol. The molecule has 0 saturated heterocycles. The minimum absolute atomic E-state index is 0.00422. The lowest BCUT2D eigenvalue weighted by Crippen LogP contribution is -2.53. The van der Waals surface area contributed by atoms with Gasteiger partial charge in [-0.2, -0.15) is 0 Å². The van der Waals surface area contributed by atoms with Crippen molar-refractivity contribution in [1.29, 1.82) is 0 Å². The lowest BCUT2D eigenvalue weighted by Gasteiger charge is -2.33. The number of hydrogen-bond donors (Lipinski definition) is 1. The van der Waals surface area contributed by atoms with E-state index in [1.54, 1.807) is 36.4 Å². The summed E-state index contributed by atoms with van der Waals surface area (Å²) in [6.45, 7) is 1.96. The van der Waals surface area contributed by atoms with E-state index in [-0.39, 0.29) is 18.9 Å². The summed E-state index contributed by atoms with van der Waals surface area (Å²) >= 11 is 3.34. The molecule has 3 aromatic carbocycles. The zero-order chi connectivity index (χ0) is 28.4. The van der Waals surface area contributed by atoms with Gasteiger partial charge in [0.05, 0.1) is 11.9 Å². The standard InChI is InChI=1S/C29H33BrFN3O4S/c1-3-4-18-32-29(36)27(19-22-8-6-5-7-9-22)33(20-23-10-14-25(31)15-11-23)28(35)21-34(39(2,37)38)26-16-12-24(30)13-17-26/h5-17,27H,3-4,18-21H2,1-2H3,(H,32,36)/t27-/m0/s1. The predicted octanol–water partition coefficient (Wildman–Crippen LogP) is 4.91. The Bertz CT molecular complexity index is 1340. The maximum atomic E-state index is 13.9. The minimum Gasteiger partial charge on any atom is -0.354 e. The van der Waals surface area contributed by atoms with Crippen LogP contribution in [0.3, 0.4) is 0 Å². The van der Waals surface area contributed by atoms with Crippen LogP contribution in [0.4, 0.5) is 10.1 Å². The molecule has 0 aliphatic heterocycles. The van der Waals surface area contributed by atoms with Crippen LogP contribution in [-0.4, -0.2) is 50.5 Å². The van der Waals surface area contributed by atoms with Crippen LogP contribution in [0, 0.1) is 5.82 Å². The fraction of sp³-hybridized carbons (Fsp3) is 0.310. The number of halogens is 2. The molecule has 0 saturated carbocycles. The van der Waals surface area contributed by atoms with Gasteiger partial charge in [-0.1, -0.05) is 71.7 Å². The van der Waals surface area contributed by atoms with E-state index in [0.29, 0.717) is 17.8 Å². The van der Waals surface area contributed by atoms with Crippen molar-refractivity contribution in [3.05, 3.63) is 100 Å². The summed E-state index contributed by atoms with van der Waals surface area (Å²) in [7, 11) is -3.84. The van der Waals surface area contributed by atoms with Crippen molar-refractivity contribution in [1.82, 2.24) is 10.2 Å². The van der Waals surface area contributed by atoms with Gasteiger partial charge in [-0.15, -0.1) is 0 Å². The quantitative estimate of drug-likeness (QED) is 0.276. The van der Waals surface area contributed by atoms with Gasteiger partial charge in [0.2, 0.25) is 21.8 Å². The van der Waals surface area contributed by atoms with Crippen molar-refractivity contribution in [2.45, 2.75) is 38.8 Å². The molecule has 0 aliphatic carbocycles. The maximum absolute atomic E-state index is 13.9. The average Bonchev–Trinajstić information content (AvgIpc) is 2.91. The van der Waals surface area contributed by atoms with Gasteiger partial charge in [-0.05, 0) is 53.9 Å². The maximum Gasteiger partial charge on any atom is 0.244 e. The van der Waals surface area contributed by atoms with Crippen molar-refractivity contribution in [3.63, 3.8) is 0 Å². The first-order valence-electron chi connectivity index (χ1n) is 12.7. The molecule has 0 fully saturated rings. The number of carbonyl (C=O) groups is 2. The summed E-state index contributed by atoms with van der Waals surface area (Å²) < 4.78 is 40.9. The normalized spacial score (nSPS) is 12.0. The molecule has 0 unspecified atom stereocenters. The monoisotopic (exact) mass is 617 g/mol. The number of hydrogen-bond acceptors (Lipinski definition) is 4. The van der Waals surface area contributed by atoms with Crippen LogP contribution in [0.15, 0.2) is 83.3 Å². The van der Waals surface area contributed by atoms with Gasteiger partial charge < -0.3 is 10.2 Å². The van der Waals surface area contributed by atoms with Gasteiger partial charge in [0, 0.05) is 24.0 Å². The Labute approximate surface area is 238 Å². The molecule has 0 aliphatic rings. The van der Waals surface area contributed by atoms with Crippen molar-refractivity contribution in [2.24, 2.45) is 0 Å². The molecule has 0 heterocycles. The molecular formula is C29H33BrFN3O4S. The number of carbonyl (C=O) groups excluding carboxylic acids is 2. The van der Waals surface area contributed by atoms with Gasteiger partial charge in [-0.3, -0.25) is 13.9 Å². The Kier molecular flexibility index (Phi) is 11.1. The first kappa shape index (κ1) is 30.3. The third-order valence-electron chi connectivity index (χ3n) is 6.16. The number of sulfonamides is 1. The molecule has 0 radical (unpaired) electrons. The van der Waals surface area contributed by atoms with E-state index < -0.39 is 34.3 Å². The summed E-state index contributed by atoms with van der Waals surface area (Å²) in [6, 6.07) is 20.6. The first-order chi connectivity index (χ1) is 18.6. The molecule has 3 aromatic rings. The van der Waals surface area contributed by atoms with E-state index in [1.165, 1.54) is 17.0 Å². The first-order valence-corrected chi connectivity index (χ1v) is 15.3. The molecule has 7 nitrogen and oxygen atoms in total. The number of unbranched alkanes of at least 4 members (excludes halogenated alkanes) is 1. The number of benzene rings is 3. The van der Waals surface area contributed by atoms with Crippen LogP contribution in [0.5, 0.6) is 0 Å². The highest BCUT2D eigenvalue weighted by Gasteiger charge is 2.33. The van der Waals surface area contributed by atoms with Gasteiger partial charge in [0.1, 0.15) is 18.4 Å². The molecule has 208 valence electrons. The molecule has 1 N–H and O–H groups in total. The molecule has 3 rings (SSSR count). The second-order valence-corrected chi connectivity index (χ2v) is 12.1. The Morgan fingerprint density at radius 2 is 1.59 bits per heavy atom. The largest absolute Gasteiger partial charge is 0.354 e. The van der Waals surface area contributed by atoms with Crippen LogP contribution in [0.25, 0.3) is 0 Å². The Morgan fingerprint density at radius 1 is 0.949 bits per heavy atom. The Morgan fingerprint density at radius 3 is 2.18 bits per heavy atom. The van der Waals surface area contributed by atoms with Crippen molar-refractivity contribution in [3.8, 4) is 0 Å². The van der Waals surface area contributed by atoms with E-state index in [9.17, 15) is 22.4 Å². The van der Waals surface area contributed by atoms with Gasteiger partial charge in [-0.25, -0.2) is 12.8 Å². The molecule has 0 aromatic heterocycles. The minimum atomic E-state index is -3.84. The highest BCUT2D eigenvalue weighted by atomic mass is 79.9. The highest BCUT2D eigenvalue weighted by Crippen LogP contribution is 2.22. The lowest BCUT2D eigenvalue weighted by atomic mass is 10.0. The number of rotatable bonds is 13. The predicted molar refractivity (Wildman–Crippen MR) is 155 cm³/mol. The topological polar surface area (TPSA) is 86.8 Å². The van der Waals surface area contributed by atoms with Crippen LogP contribution in [-0.2, 0) is 32.6 Å². The van der Waals surface area contributed by atoms with Gasteiger partial charge in [0.15, 0.2) is 0 Å². The van der Waals surface area contributed by atoms with Crippen LogP contribution < -0.4 is 9.62 Å². The SMILES string of the molecule is CCCCNC(=O)[C@H](Cc1ccccc1)N(Cc1ccc(F)cc1)C(=O)CN(c1ccc(Br)cc1)S(C)(=O)=O. The summed E-state index contributed by atoms with van der Waals surface area (Å²) in [5.41, 5.74) is 1.78. The number of nitrogens with one attached hydrogen (secondary N) is 1. The third-order valence-corrected chi connectivity index (χ3v) is 7.83. The van der Waals surface area contributed by atoms with Crippen molar-refractivity contribution < 1.29 is 22.4 Å². The zero-order valence-corrected chi connectivity index (χ0v) is 24.4. The van der Waals surface area contributed by atoms with E-state index in [0.717, 1.165) is 33.4 Å². The van der Waals surface area contributed by atoms with Crippen LogP contribution in [0.2, 0.25) is 0 Å². The Balaban J connectivity index is 2.01. The molecule has 39 heavy (non-hydrogen) atoms. The fourth-order valence-electron chi connectivity index (χ4n) is 4.07. The molecule has 0 bridgehead atoms. The van der Waals surface area contributed by atoms with E-state index >= 15 is 0 Å². The lowest BCUT2D eigenvalue weighted by molar-refractivity contribution is -0.140. The summed E-state index contributed by atoms with van der Waals surface area (Å²) in [5.74, 6) is -1.31. The van der Waals surface area contributed by atoms with E-state index in [1.807, 2.05) is 37.3 Å². The van der Waals surface area contributed by atoms with Crippen LogP contribution >= 0.6 is 15.9 Å². The zero-order valence-electron chi connectivity index (χ0n) is 22.0. The number of nitrogens with zero attached hydrogens (tertiary/aromatic N) is 2. The van der Waals surface area contributed by atoms with E-state index in [2.05, 4.69) is 21.2 Å². The number of anilines is 1. The molecule has 2 amide bonds. The average molecular weight is 619 g/mol. The fourth-order valence-corrected chi connectivity index (χ4v) is 5.18. The Hall–Kier alpha value is -3.24. The highest BCUT2D eigenvalue weighted by molar-refractivity contribution is 9.10. The second kappa shape index (κ2) is 14.2. The van der Waals surface area contributed by atoms with Gasteiger partial charge in [0.25, 0.3) is 0 Å². The number of amides is 2. The smallest absolute Gasteiger partial charge is 0.244 e. The third kappa shape index (κ3) is 9.18. The molecule has 10 heteroatoms. The second-order valence-electron chi connectivity index (χ2n) is 9.24. The van der Waals surface area contributed by atoms with Crippen molar-refractivity contribution in [2.75, 3.05) is 23.7 Å². The summed E-state index contributed by atoms with van der Waals surface area (Å²) in [5, 5.41) is 2.93. The molecule has 0 spiro atoms. The van der Waals surface area contributed by atoms with Gasteiger partial charge >= 0.3 is 0 Å². The van der Waals surface area contributed by atoms with E-state index in [4.69, 9.17) is 0 Å². The van der Waals surface area contributed by atoms with Crippen molar-refractivity contribution >= 4 is 43.5 Å². The summed E-state index contributed by atoms with van der Waals surface area (Å²) in [4.78, 5) is 28.8. The molecule has 1 atom stereocenters. The summed E-state index contributed by atoms with van der Waals surface area (Å²) in [6.07, 6.45) is 2.92.